The summed E-state index contributed by atoms with van der Waals surface area (Å²) in [7, 11) is 0. The van der Waals surface area contributed by atoms with Crippen molar-refractivity contribution in [2.75, 3.05) is 55.4 Å². The van der Waals surface area contributed by atoms with E-state index >= 15 is 0 Å². The second-order valence-corrected chi connectivity index (χ2v) is 18.0. The van der Waals surface area contributed by atoms with Crippen molar-refractivity contribution in [3.05, 3.63) is 10.4 Å². The van der Waals surface area contributed by atoms with Crippen molar-refractivity contribution >= 4 is 29.4 Å². The Morgan fingerprint density at radius 3 is 1.64 bits per heavy atom. The van der Waals surface area contributed by atoms with E-state index in [1.54, 1.807) is 0 Å². The normalized spacial score (nSPS) is 12.4. The highest BCUT2D eigenvalue weighted by Crippen LogP contribution is 2.26. The van der Waals surface area contributed by atoms with Crippen LogP contribution in [0.1, 0.15) is 239 Å². The second-order valence-electron chi connectivity index (χ2n) is 18.0. The Morgan fingerprint density at radius 1 is 0.623 bits per heavy atom. The SMILES string of the molecule is CCCCCCCCCOC(=O)CCCCCCCN(CCCCCCCC(=O)OC(CCCCCCCC)CCCCCCCC)CCCN1CNc2c1nc(N)[nH]c2=O. The molecule has 0 fully saturated rings. The number of nitrogens with zero attached hydrogens (tertiary/aromatic N) is 3. The van der Waals surface area contributed by atoms with Crippen LogP contribution in [0.4, 0.5) is 17.5 Å². The predicted octanol–water partition coefficient (Wildman–Crippen LogP) is 12.6. The third-order valence-corrected chi connectivity index (χ3v) is 12.3. The number of rotatable bonds is 43. The highest BCUT2D eigenvalue weighted by atomic mass is 16.5. The van der Waals surface area contributed by atoms with Crippen molar-refractivity contribution in [2.45, 2.75) is 245 Å². The van der Waals surface area contributed by atoms with Gasteiger partial charge < -0.3 is 30.3 Å². The molecule has 0 amide bonds. The zero-order valence-electron chi connectivity index (χ0n) is 39.8. The van der Waals surface area contributed by atoms with Gasteiger partial charge in [-0.25, -0.2) is 0 Å². The van der Waals surface area contributed by atoms with Crippen LogP contribution < -0.4 is 21.5 Å². The van der Waals surface area contributed by atoms with Crippen molar-refractivity contribution in [3.8, 4) is 0 Å². The van der Waals surface area contributed by atoms with Crippen LogP contribution in [0.3, 0.4) is 0 Å². The molecule has 4 N–H and O–H groups in total. The number of aromatic amines is 1. The van der Waals surface area contributed by atoms with Gasteiger partial charge in [0.1, 0.15) is 11.8 Å². The van der Waals surface area contributed by atoms with Gasteiger partial charge in [-0.3, -0.25) is 19.4 Å². The number of hydrogen-bond acceptors (Lipinski definition) is 10. The molecule has 61 heavy (non-hydrogen) atoms. The molecule has 1 aliphatic heterocycles. The molecular weight excluding hydrogens is 765 g/mol. The molecule has 1 aliphatic rings. The molecule has 11 nitrogen and oxygen atoms in total. The van der Waals surface area contributed by atoms with Gasteiger partial charge in [0.2, 0.25) is 5.95 Å². The Kier molecular flexibility index (Phi) is 33.6. The Morgan fingerprint density at radius 2 is 1.08 bits per heavy atom. The molecule has 0 atom stereocenters. The van der Waals surface area contributed by atoms with Gasteiger partial charge in [0.25, 0.3) is 5.56 Å². The van der Waals surface area contributed by atoms with E-state index in [9.17, 15) is 14.4 Å². The van der Waals surface area contributed by atoms with Crippen LogP contribution in [0, 0.1) is 0 Å². The lowest BCUT2D eigenvalue weighted by atomic mass is 10.0. The minimum atomic E-state index is -0.222. The summed E-state index contributed by atoms with van der Waals surface area (Å²) in [5.41, 5.74) is 6.13. The molecular formula is C50H94N6O5. The van der Waals surface area contributed by atoms with Crippen molar-refractivity contribution < 1.29 is 19.1 Å². The number of hydrogen-bond donors (Lipinski definition) is 3. The molecule has 0 saturated carbocycles. The van der Waals surface area contributed by atoms with Crippen LogP contribution in [-0.4, -0.2) is 72.4 Å². The predicted molar refractivity (Wildman–Crippen MR) is 256 cm³/mol. The average Bonchev–Trinajstić information content (AvgIpc) is 3.65. The summed E-state index contributed by atoms with van der Waals surface area (Å²) in [5, 5.41) is 3.17. The van der Waals surface area contributed by atoms with E-state index in [1.807, 2.05) is 0 Å². The largest absolute Gasteiger partial charge is 0.466 e. The number of aromatic nitrogens is 2. The minimum Gasteiger partial charge on any atom is -0.466 e. The number of esters is 2. The number of unbranched alkanes of at least 4 members (excludes halogenated alkanes) is 24. The zero-order chi connectivity index (χ0) is 44.0. The molecule has 0 aromatic carbocycles. The maximum absolute atomic E-state index is 12.9. The van der Waals surface area contributed by atoms with Crippen LogP contribution in [0.15, 0.2) is 4.79 Å². The molecule has 0 spiro atoms. The van der Waals surface area contributed by atoms with Crippen LogP contribution in [0.25, 0.3) is 0 Å². The van der Waals surface area contributed by atoms with Crippen molar-refractivity contribution in [2.24, 2.45) is 0 Å². The number of carbonyl (C=O) groups excluding carboxylic acids is 2. The Balaban J connectivity index is 1.68. The molecule has 0 aliphatic carbocycles. The Bertz CT molecular complexity index is 1260. The summed E-state index contributed by atoms with van der Waals surface area (Å²) >= 11 is 0. The number of H-pyrrole nitrogens is 1. The summed E-state index contributed by atoms with van der Waals surface area (Å²) < 4.78 is 11.6. The van der Waals surface area contributed by atoms with Crippen LogP contribution >= 0.6 is 0 Å². The number of nitrogens with two attached hydrogens (primary N) is 1. The number of nitrogens with one attached hydrogen (secondary N) is 2. The zero-order valence-corrected chi connectivity index (χ0v) is 39.8. The molecule has 0 radical (unpaired) electrons. The molecule has 1 aromatic heterocycles. The van der Waals surface area contributed by atoms with E-state index in [-0.39, 0.29) is 29.6 Å². The fraction of sp³-hybridized carbons (Fsp3) is 0.880. The summed E-state index contributed by atoms with van der Waals surface area (Å²) in [5.74, 6) is 0.754. The Labute approximate surface area is 373 Å². The Hall–Kier alpha value is -2.82. The summed E-state index contributed by atoms with van der Waals surface area (Å²) in [4.78, 5) is 49.1. The number of fused-ring (bicyclic) bond motifs is 1. The highest BCUT2D eigenvalue weighted by Gasteiger charge is 2.23. The first-order chi connectivity index (χ1) is 29.9. The molecule has 11 heteroatoms. The number of carbonyl (C=O) groups is 2. The van der Waals surface area contributed by atoms with Crippen LogP contribution in [0.5, 0.6) is 0 Å². The van der Waals surface area contributed by atoms with E-state index in [0.29, 0.717) is 37.6 Å². The monoisotopic (exact) mass is 859 g/mol. The highest BCUT2D eigenvalue weighted by molar-refractivity contribution is 5.71. The first kappa shape index (κ1) is 54.3. The molecule has 354 valence electrons. The van der Waals surface area contributed by atoms with Crippen molar-refractivity contribution in [3.63, 3.8) is 0 Å². The lowest BCUT2D eigenvalue weighted by Crippen LogP contribution is -2.31. The van der Waals surface area contributed by atoms with Crippen molar-refractivity contribution in [1.29, 1.82) is 0 Å². The van der Waals surface area contributed by atoms with Gasteiger partial charge in [-0.15, -0.1) is 0 Å². The molecule has 0 bridgehead atoms. The van der Waals surface area contributed by atoms with Gasteiger partial charge in [0, 0.05) is 19.4 Å². The summed E-state index contributed by atoms with van der Waals surface area (Å²) in [6, 6.07) is 0. The first-order valence-corrected chi connectivity index (χ1v) is 25.8. The quantitative estimate of drug-likeness (QED) is 0.0429. The van der Waals surface area contributed by atoms with Gasteiger partial charge in [-0.2, -0.15) is 4.98 Å². The third-order valence-electron chi connectivity index (χ3n) is 12.3. The molecule has 2 heterocycles. The van der Waals surface area contributed by atoms with Gasteiger partial charge in [-0.1, -0.05) is 162 Å². The lowest BCUT2D eigenvalue weighted by Gasteiger charge is -2.24. The number of ether oxygens (including phenoxy) is 2. The van der Waals surface area contributed by atoms with Gasteiger partial charge in [0.05, 0.1) is 13.3 Å². The lowest BCUT2D eigenvalue weighted by molar-refractivity contribution is -0.150. The van der Waals surface area contributed by atoms with E-state index in [0.717, 1.165) is 122 Å². The standard InChI is InChI=1S/C50H94N6O5/c1-4-7-10-13-16-25-32-42-60-45(57)36-28-21-17-23-30-38-55(40-33-41-56-43-52-47-48(56)53-50(51)54-49(47)59)39-31-24-18-22-29-37-46(58)61-44(34-26-19-14-11-8-5-2)35-27-20-15-12-9-6-3/h44,52H,4-43H2,1-3H3,(H3,51,53,54,59). The maximum Gasteiger partial charge on any atom is 0.306 e. The van der Waals surface area contributed by atoms with Gasteiger partial charge in [-0.05, 0) is 83.8 Å². The molecule has 1 aromatic rings. The fourth-order valence-corrected chi connectivity index (χ4v) is 8.52. The van der Waals surface area contributed by atoms with E-state index in [4.69, 9.17) is 15.2 Å². The fourth-order valence-electron chi connectivity index (χ4n) is 8.52. The average molecular weight is 859 g/mol. The van der Waals surface area contributed by atoms with E-state index in [1.165, 1.54) is 109 Å². The maximum atomic E-state index is 12.9. The van der Waals surface area contributed by atoms with Gasteiger partial charge in [0.15, 0.2) is 5.82 Å². The van der Waals surface area contributed by atoms with E-state index in [2.05, 4.69) is 45.9 Å². The summed E-state index contributed by atoms with van der Waals surface area (Å²) in [6.45, 7) is 11.8. The van der Waals surface area contributed by atoms with Crippen molar-refractivity contribution in [1.82, 2.24) is 14.9 Å². The first-order valence-electron chi connectivity index (χ1n) is 25.8. The number of anilines is 3. The van der Waals surface area contributed by atoms with Gasteiger partial charge >= 0.3 is 11.9 Å². The molecule has 0 unspecified atom stereocenters. The molecule has 2 rings (SSSR count). The topological polar surface area (TPSA) is 143 Å². The van der Waals surface area contributed by atoms with Crippen LogP contribution in [0.2, 0.25) is 0 Å². The third kappa shape index (κ3) is 28.5. The van der Waals surface area contributed by atoms with Crippen LogP contribution in [-0.2, 0) is 19.1 Å². The summed E-state index contributed by atoms with van der Waals surface area (Å²) in [6.07, 6.45) is 38.9. The minimum absolute atomic E-state index is 0.00481. The van der Waals surface area contributed by atoms with E-state index < -0.39 is 0 Å². The second kappa shape index (κ2) is 37.7. The smallest absolute Gasteiger partial charge is 0.306 e. The molecule has 0 saturated heterocycles. The number of nitrogen functional groups attached to an aromatic ring is 1.